The zero-order valence-corrected chi connectivity index (χ0v) is 21.0. The number of aryl methyl sites for hydroxylation is 2. The van der Waals surface area contributed by atoms with Crippen molar-refractivity contribution in [2.75, 3.05) is 27.9 Å². The van der Waals surface area contributed by atoms with Crippen LogP contribution >= 0.6 is 0 Å². The molecule has 3 aromatic rings. The van der Waals surface area contributed by atoms with Gasteiger partial charge in [-0.25, -0.2) is 0 Å². The van der Waals surface area contributed by atoms with E-state index in [-0.39, 0.29) is 12.3 Å². The van der Waals surface area contributed by atoms with E-state index in [1.54, 1.807) is 12.1 Å². The topological polar surface area (TPSA) is 85.3 Å². The Morgan fingerprint density at radius 1 is 0.778 bits per heavy atom. The standard InChI is InChI=1S/C29H33NO6/c1-34-25-18-24(19-26(35-2)28(25)36-3)29(33)30(17-7-10-21-8-5-4-6-9-21)20-23-13-11-22(12-14-23)15-16-27(31)32/h4-6,8-9,11-14,18-19H,7,10,15-17,20H2,1-3H3,(H,31,32). The second kappa shape index (κ2) is 13.2. The summed E-state index contributed by atoms with van der Waals surface area (Å²) in [6.45, 7) is 0.981. The third kappa shape index (κ3) is 7.25. The first-order valence-corrected chi connectivity index (χ1v) is 11.9. The zero-order valence-electron chi connectivity index (χ0n) is 21.0. The Kier molecular flexibility index (Phi) is 9.74. The largest absolute Gasteiger partial charge is 0.493 e. The van der Waals surface area contributed by atoms with Crippen molar-refractivity contribution in [3.63, 3.8) is 0 Å². The number of nitrogens with zero attached hydrogens (tertiary/aromatic N) is 1. The number of hydrogen-bond acceptors (Lipinski definition) is 5. The van der Waals surface area contributed by atoms with Crippen LogP contribution in [0.15, 0.2) is 66.7 Å². The van der Waals surface area contributed by atoms with E-state index in [1.807, 2.05) is 47.4 Å². The lowest BCUT2D eigenvalue weighted by Crippen LogP contribution is -2.32. The van der Waals surface area contributed by atoms with Crippen LogP contribution in [0.4, 0.5) is 0 Å². The van der Waals surface area contributed by atoms with Crippen LogP contribution in [0, 0.1) is 0 Å². The van der Waals surface area contributed by atoms with E-state index >= 15 is 0 Å². The van der Waals surface area contributed by atoms with Crippen molar-refractivity contribution in [2.45, 2.75) is 32.2 Å². The van der Waals surface area contributed by atoms with Gasteiger partial charge in [-0.3, -0.25) is 9.59 Å². The highest BCUT2D eigenvalue weighted by atomic mass is 16.5. The summed E-state index contributed by atoms with van der Waals surface area (Å²) in [4.78, 5) is 26.4. The number of carboxylic acid groups (broad SMARTS) is 1. The van der Waals surface area contributed by atoms with Crippen molar-refractivity contribution < 1.29 is 28.9 Å². The summed E-state index contributed by atoms with van der Waals surface area (Å²) in [5, 5.41) is 8.92. The fraction of sp³-hybridized carbons (Fsp3) is 0.310. The molecular weight excluding hydrogens is 458 g/mol. The molecule has 3 aromatic carbocycles. The van der Waals surface area contributed by atoms with Crippen LogP contribution < -0.4 is 14.2 Å². The van der Waals surface area contributed by atoms with Crippen molar-refractivity contribution in [2.24, 2.45) is 0 Å². The molecule has 0 fully saturated rings. The minimum absolute atomic E-state index is 0.0879. The summed E-state index contributed by atoms with van der Waals surface area (Å²) in [7, 11) is 4.57. The molecule has 0 aliphatic heterocycles. The third-order valence-electron chi connectivity index (χ3n) is 5.96. The fourth-order valence-electron chi connectivity index (χ4n) is 4.04. The summed E-state index contributed by atoms with van der Waals surface area (Å²) >= 11 is 0. The van der Waals surface area contributed by atoms with Gasteiger partial charge in [-0.2, -0.15) is 0 Å². The summed E-state index contributed by atoms with van der Waals surface area (Å²) in [6.07, 6.45) is 2.22. The van der Waals surface area contributed by atoms with Crippen molar-refractivity contribution in [1.29, 1.82) is 0 Å². The van der Waals surface area contributed by atoms with E-state index in [9.17, 15) is 9.59 Å². The van der Waals surface area contributed by atoms with Crippen LogP contribution in [0.2, 0.25) is 0 Å². The van der Waals surface area contributed by atoms with Gasteiger partial charge in [0.05, 0.1) is 21.3 Å². The Bertz CT molecular complexity index is 1120. The van der Waals surface area contributed by atoms with Gasteiger partial charge in [-0.1, -0.05) is 54.6 Å². The van der Waals surface area contributed by atoms with Gasteiger partial charge < -0.3 is 24.2 Å². The van der Waals surface area contributed by atoms with Crippen LogP contribution in [0.5, 0.6) is 17.2 Å². The number of carboxylic acids is 1. The second-order valence-electron chi connectivity index (χ2n) is 8.44. The predicted molar refractivity (Wildman–Crippen MR) is 138 cm³/mol. The molecule has 0 unspecified atom stereocenters. The first kappa shape index (κ1) is 26.6. The van der Waals surface area contributed by atoms with Gasteiger partial charge in [-0.05, 0) is 48.1 Å². The van der Waals surface area contributed by atoms with Crippen LogP contribution in [0.1, 0.15) is 39.9 Å². The maximum Gasteiger partial charge on any atom is 0.303 e. The lowest BCUT2D eigenvalue weighted by molar-refractivity contribution is -0.136. The molecule has 3 rings (SSSR count). The molecule has 0 atom stereocenters. The van der Waals surface area contributed by atoms with E-state index in [2.05, 4.69) is 12.1 Å². The van der Waals surface area contributed by atoms with Gasteiger partial charge in [0.25, 0.3) is 5.91 Å². The smallest absolute Gasteiger partial charge is 0.303 e. The molecule has 7 nitrogen and oxygen atoms in total. The van der Waals surface area contributed by atoms with E-state index < -0.39 is 5.97 Å². The Hall–Kier alpha value is -4.00. The van der Waals surface area contributed by atoms with E-state index in [0.29, 0.717) is 42.3 Å². The SMILES string of the molecule is COc1cc(C(=O)N(CCCc2ccccc2)Cc2ccc(CCC(=O)O)cc2)cc(OC)c1OC. The Morgan fingerprint density at radius 3 is 1.92 bits per heavy atom. The predicted octanol–water partition coefficient (Wildman–Crippen LogP) is 5.00. The lowest BCUT2D eigenvalue weighted by Gasteiger charge is -2.24. The minimum atomic E-state index is -0.820. The van der Waals surface area contributed by atoms with Gasteiger partial charge in [-0.15, -0.1) is 0 Å². The monoisotopic (exact) mass is 491 g/mol. The highest BCUT2D eigenvalue weighted by Crippen LogP contribution is 2.38. The maximum atomic E-state index is 13.7. The van der Waals surface area contributed by atoms with Crippen LogP contribution in [0.25, 0.3) is 0 Å². The average molecular weight is 492 g/mol. The Morgan fingerprint density at radius 2 is 1.36 bits per heavy atom. The van der Waals surface area contributed by atoms with E-state index in [0.717, 1.165) is 24.0 Å². The summed E-state index contributed by atoms with van der Waals surface area (Å²) in [5.41, 5.74) is 3.59. The van der Waals surface area contributed by atoms with Crippen molar-refractivity contribution in [3.05, 3.63) is 89.0 Å². The van der Waals surface area contributed by atoms with Gasteiger partial charge in [0.2, 0.25) is 5.75 Å². The summed E-state index contributed by atoms with van der Waals surface area (Å²) in [6, 6.07) is 21.3. The minimum Gasteiger partial charge on any atom is -0.493 e. The highest BCUT2D eigenvalue weighted by molar-refractivity contribution is 5.95. The number of aliphatic carboxylic acids is 1. The van der Waals surface area contributed by atoms with E-state index in [1.165, 1.54) is 26.9 Å². The molecule has 0 aliphatic rings. The van der Waals surface area contributed by atoms with Crippen molar-refractivity contribution >= 4 is 11.9 Å². The van der Waals surface area contributed by atoms with Gasteiger partial charge in [0.1, 0.15) is 0 Å². The molecule has 36 heavy (non-hydrogen) atoms. The molecule has 0 aliphatic carbocycles. The molecule has 0 heterocycles. The summed E-state index contributed by atoms with van der Waals surface area (Å²) < 4.78 is 16.3. The number of carbonyl (C=O) groups excluding carboxylic acids is 1. The van der Waals surface area contributed by atoms with Gasteiger partial charge in [0.15, 0.2) is 11.5 Å². The Labute approximate surface area is 212 Å². The molecule has 0 bridgehead atoms. The molecule has 0 saturated carbocycles. The third-order valence-corrected chi connectivity index (χ3v) is 5.96. The summed E-state index contributed by atoms with van der Waals surface area (Å²) in [5.74, 6) is 0.320. The molecule has 1 N–H and O–H groups in total. The maximum absolute atomic E-state index is 13.7. The molecule has 0 spiro atoms. The van der Waals surface area contributed by atoms with Crippen molar-refractivity contribution in [1.82, 2.24) is 4.90 Å². The van der Waals surface area contributed by atoms with Crippen LogP contribution in [0.3, 0.4) is 0 Å². The first-order chi connectivity index (χ1) is 17.4. The number of carbonyl (C=O) groups is 2. The Balaban J connectivity index is 1.82. The normalized spacial score (nSPS) is 10.5. The number of ether oxygens (including phenoxy) is 3. The molecule has 7 heteroatoms. The molecule has 0 radical (unpaired) electrons. The van der Waals surface area contributed by atoms with Gasteiger partial charge >= 0.3 is 5.97 Å². The number of benzene rings is 3. The number of amides is 1. The first-order valence-electron chi connectivity index (χ1n) is 11.9. The molecule has 1 amide bonds. The van der Waals surface area contributed by atoms with E-state index in [4.69, 9.17) is 19.3 Å². The molecule has 0 aromatic heterocycles. The van der Waals surface area contributed by atoms with Crippen LogP contribution in [-0.2, 0) is 24.2 Å². The van der Waals surface area contributed by atoms with Gasteiger partial charge in [0, 0.05) is 25.1 Å². The zero-order chi connectivity index (χ0) is 25.9. The number of rotatable bonds is 13. The van der Waals surface area contributed by atoms with Crippen LogP contribution in [-0.4, -0.2) is 49.8 Å². The second-order valence-corrected chi connectivity index (χ2v) is 8.44. The number of hydrogen-bond donors (Lipinski definition) is 1. The molecule has 190 valence electrons. The molecular formula is C29H33NO6. The number of methoxy groups -OCH3 is 3. The average Bonchev–Trinajstić information content (AvgIpc) is 2.91. The quantitative estimate of drug-likeness (QED) is 0.362. The lowest BCUT2D eigenvalue weighted by atomic mass is 10.1. The highest BCUT2D eigenvalue weighted by Gasteiger charge is 2.21. The molecule has 0 saturated heterocycles. The van der Waals surface area contributed by atoms with Crippen molar-refractivity contribution in [3.8, 4) is 17.2 Å². The fourth-order valence-corrected chi connectivity index (χ4v) is 4.04.